The predicted molar refractivity (Wildman–Crippen MR) is 141 cm³/mol. The lowest BCUT2D eigenvalue weighted by Gasteiger charge is -2.14. The quantitative estimate of drug-likeness (QED) is 0.155. The second-order valence-corrected chi connectivity index (χ2v) is 8.38. The van der Waals surface area contributed by atoms with Crippen molar-refractivity contribution in [3.63, 3.8) is 0 Å². The summed E-state index contributed by atoms with van der Waals surface area (Å²) in [5, 5.41) is 31.4. The van der Waals surface area contributed by atoms with Gasteiger partial charge in [0.05, 0.1) is 17.7 Å². The molecule has 13 heteroatoms. The molecule has 3 aromatic carbocycles. The molecule has 0 unspecified atom stereocenters. The number of methoxy groups -OCH3 is 1. The predicted octanol–water partition coefficient (Wildman–Crippen LogP) is 0.780. The molecule has 192 valence electrons. The minimum Gasteiger partial charge on any atom is -0.489 e. The van der Waals surface area contributed by atoms with E-state index in [1.54, 1.807) is 49.6 Å². The Bertz CT molecular complexity index is 1630. The van der Waals surface area contributed by atoms with Gasteiger partial charge in [-0.2, -0.15) is 9.67 Å². The number of fused-ring (bicyclic) bond motifs is 2. The van der Waals surface area contributed by atoms with Crippen LogP contribution in [0.15, 0.2) is 60.7 Å². The van der Waals surface area contributed by atoms with E-state index in [0.29, 0.717) is 58.7 Å². The third-order valence-corrected chi connectivity index (χ3v) is 5.86. The van der Waals surface area contributed by atoms with Gasteiger partial charge in [-0.15, -0.1) is 5.10 Å². The average Bonchev–Trinajstić information content (AvgIpc) is 3.36. The Labute approximate surface area is 217 Å². The van der Waals surface area contributed by atoms with E-state index in [-0.39, 0.29) is 11.5 Å². The van der Waals surface area contributed by atoms with Gasteiger partial charge in [0.15, 0.2) is 0 Å². The van der Waals surface area contributed by atoms with Crippen molar-refractivity contribution in [3.8, 4) is 11.7 Å². The van der Waals surface area contributed by atoms with Gasteiger partial charge in [-0.25, -0.2) is 4.98 Å². The summed E-state index contributed by atoms with van der Waals surface area (Å²) in [6, 6.07) is 17.4. The normalized spacial score (nSPS) is 11.1. The molecule has 0 saturated carbocycles. The highest BCUT2D eigenvalue weighted by molar-refractivity contribution is 6.58. The van der Waals surface area contributed by atoms with Gasteiger partial charge in [0.25, 0.3) is 11.9 Å². The highest BCUT2D eigenvalue weighted by atomic mass is 16.5. The van der Waals surface area contributed by atoms with Crippen LogP contribution in [0.2, 0.25) is 0 Å². The summed E-state index contributed by atoms with van der Waals surface area (Å²) in [6.45, 7) is 1.06. The molecule has 38 heavy (non-hydrogen) atoms. The molecule has 0 aliphatic heterocycles. The zero-order chi connectivity index (χ0) is 26.6. The first-order valence-corrected chi connectivity index (χ1v) is 11.7. The third-order valence-electron chi connectivity index (χ3n) is 5.86. The van der Waals surface area contributed by atoms with E-state index in [2.05, 4.69) is 15.6 Å². The smallest absolute Gasteiger partial charge is 0.488 e. The number of anilines is 1. The number of ether oxygens (including phenoxy) is 2. The van der Waals surface area contributed by atoms with E-state index < -0.39 is 13.0 Å². The van der Waals surface area contributed by atoms with Crippen LogP contribution in [0, 0.1) is 0 Å². The van der Waals surface area contributed by atoms with Crippen LogP contribution in [0.1, 0.15) is 15.9 Å². The highest BCUT2D eigenvalue weighted by Crippen LogP contribution is 2.30. The van der Waals surface area contributed by atoms with Crippen LogP contribution in [0.4, 0.5) is 5.82 Å². The summed E-state index contributed by atoms with van der Waals surface area (Å²) in [7, 11) is 0.0227. The fourth-order valence-corrected chi connectivity index (χ4v) is 4.04. The average molecular weight is 513 g/mol. The molecule has 5 rings (SSSR count). The minimum atomic E-state index is -1.57. The molecule has 2 heterocycles. The number of nitrogens with one attached hydrogen (secondary N) is 1. The highest BCUT2D eigenvalue weighted by Gasteiger charge is 2.19. The summed E-state index contributed by atoms with van der Waals surface area (Å²) in [6.07, 6.45) is 0. The van der Waals surface area contributed by atoms with Gasteiger partial charge in [-0.05, 0) is 35.3 Å². The van der Waals surface area contributed by atoms with Gasteiger partial charge in [0, 0.05) is 19.0 Å². The van der Waals surface area contributed by atoms with Crippen LogP contribution in [-0.2, 0) is 11.3 Å². The van der Waals surface area contributed by atoms with Gasteiger partial charge in [0.1, 0.15) is 29.2 Å². The topological polar surface area (TPSA) is 171 Å². The van der Waals surface area contributed by atoms with Crippen molar-refractivity contribution in [1.29, 1.82) is 0 Å². The molecule has 5 N–H and O–H groups in total. The van der Waals surface area contributed by atoms with E-state index in [9.17, 15) is 14.8 Å². The maximum Gasteiger partial charge on any atom is 0.488 e. The van der Waals surface area contributed by atoms with Gasteiger partial charge in [-0.1, -0.05) is 41.6 Å². The van der Waals surface area contributed by atoms with Crippen molar-refractivity contribution in [3.05, 3.63) is 71.8 Å². The molecular weight excluding hydrogens is 489 g/mol. The number of carbonyl (C=O) groups is 1. The Balaban J connectivity index is 1.61. The number of aromatic nitrogens is 5. The number of benzene rings is 3. The SMILES string of the molecule is COCCOc1cccc2c(NCc3cccc(B(O)O)c3)nc(-n3nnc4c(C(N)=O)cccc43)nc12. The fraction of sp³-hybridized carbons (Fsp3) is 0.160. The number of nitrogens with two attached hydrogens (primary N) is 1. The van der Waals surface area contributed by atoms with Crippen LogP contribution >= 0.6 is 0 Å². The molecule has 1 amide bonds. The molecular formula is C25H24BN7O5. The molecule has 2 aromatic heterocycles. The van der Waals surface area contributed by atoms with Crippen molar-refractivity contribution >= 4 is 46.2 Å². The van der Waals surface area contributed by atoms with E-state index in [4.69, 9.17) is 25.2 Å². The monoisotopic (exact) mass is 513 g/mol. The van der Waals surface area contributed by atoms with Gasteiger partial charge in [-0.3, -0.25) is 4.79 Å². The van der Waals surface area contributed by atoms with E-state index in [1.807, 2.05) is 18.2 Å². The zero-order valence-corrected chi connectivity index (χ0v) is 20.4. The molecule has 12 nitrogen and oxygen atoms in total. The number of para-hydroxylation sites is 1. The molecule has 5 aromatic rings. The summed E-state index contributed by atoms with van der Waals surface area (Å²) < 4.78 is 12.5. The lowest BCUT2D eigenvalue weighted by atomic mass is 9.80. The van der Waals surface area contributed by atoms with Crippen LogP contribution in [0.5, 0.6) is 5.75 Å². The maximum atomic E-state index is 11.9. The summed E-state index contributed by atoms with van der Waals surface area (Å²) in [5.74, 6) is 0.602. The van der Waals surface area contributed by atoms with E-state index in [0.717, 1.165) is 5.56 Å². The molecule has 0 aliphatic rings. The Morgan fingerprint density at radius 2 is 1.87 bits per heavy atom. The van der Waals surface area contributed by atoms with Gasteiger partial charge in [0.2, 0.25) is 0 Å². The molecule has 0 radical (unpaired) electrons. The van der Waals surface area contributed by atoms with E-state index in [1.165, 1.54) is 4.68 Å². The van der Waals surface area contributed by atoms with Crippen molar-refractivity contribution in [1.82, 2.24) is 25.0 Å². The lowest BCUT2D eigenvalue weighted by molar-refractivity contribution is 0.100. The summed E-state index contributed by atoms with van der Waals surface area (Å²) in [4.78, 5) is 21.3. The Morgan fingerprint density at radius 3 is 2.66 bits per heavy atom. The minimum absolute atomic E-state index is 0.200. The van der Waals surface area contributed by atoms with Gasteiger partial charge >= 0.3 is 7.12 Å². The number of hydrogen-bond acceptors (Lipinski definition) is 10. The largest absolute Gasteiger partial charge is 0.489 e. The van der Waals surface area contributed by atoms with Crippen molar-refractivity contribution < 1.29 is 24.3 Å². The first kappa shape index (κ1) is 25.1. The third kappa shape index (κ3) is 4.98. The molecule has 0 atom stereocenters. The maximum absolute atomic E-state index is 11.9. The number of nitrogens with zero attached hydrogens (tertiary/aromatic N) is 5. The fourth-order valence-electron chi connectivity index (χ4n) is 4.04. The number of carbonyl (C=O) groups excluding carboxylic acids is 1. The molecule has 0 bridgehead atoms. The number of amides is 1. The second-order valence-electron chi connectivity index (χ2n) is 8.38. The van der Waals surface area contributed by atoms with Gasteiger partial charge < -0.3 is 30.6 Å². The molecule has 0 spiro atoms. The van der Waals surface area contributed by atoms with Crippen molar-refractivity contribution in [2.75, 3.05) is 25.6 Å². The number of rotatable bonds is 10. The van der Waals surface area contributed by atoms with Crippen LogP contribution in [0.25, 0.3) is 27.9 Å². The lowest BCUT2D eigenvalue weighted by Crippen LogP contribution is -2.30. The first-order valence-electron chi connectivity index (χ1n) is 11.7. The van der Waals surface area contributed by atoms with E-state index >= 15 is 0 Å². The molecule has 0 fully saturated rings. The standard InChI is InChI=1S/C25H24BN7O5/c1-37-11-12-38-20-10-4-8-18-22(20)29-25(33-19-9-3-7-17(23(27)34)21(19)31-32-33)30-24(18)28-14-15-5-2-6-16(13-15)26(35)36/h2-10,13,35-36H,11-12,14H2,1H3,(H2,27,34)(H,28,29,30). The second kappa shape index (κ2) is 10.8. The molecule has 0 aliphatic carbocycles. The summed E-state index contributed by atoms with van der Waals surface area (Å²) in [5.41, 5.74) is 8.32. The molecule has 0 saturated heterocycles. The van der Waals surface area contributed by atoms with Crippen LogP contribution in [0.3, 0.4) is 0 Å². The zero-order valence-electron chi connectivity index (χ0n) is 20.4. The van der Waals surface area contributed by atoms with Crippen molar-refractivity contribution in [2.45, 2.75) is 6.54 Å². The number of primary amides is 1. The Kier molecular flexibility index (Phi) is 7.13. The Hall–Kier alpha value is -4.59. The summed E-state index contributed by atoms with van der Waals surface area (Å²) >= 11 is 0. The van der Waals surface area contributed by atoms with Crippen LogP contribution in [-0.4, -0.2) is 68.4 Å². The Morgan fingerprint density at radius 1 is 1.05 bits per heavy atom. The van der Waals surface area contributed by atoms with Crippen LogP contribution < -0.4 is 21.3 Å². The first-order chi connectivity index (χ1) is 18.5. The number of hydrogen-bond donors (Lipinski definition) is 4. The van der Waals surface area contributed by atoms with Crippen molar-refractivity contribution in [2.24, 2.45) is 5.73 Å².